The highest BCUT2D eigenvalue weighted by Crippen LogP contribution is 2.67. The first-order valence-corrected chi connectivity index (χ1v) is 10.4. The SMILES string of the molecule is CC1CCC2C(C)(C)CCCC2(C)C12Cc1c(O)cc3c(c1O2)COC3=O. The first-order chi connectivity index (χ1) is 12.7. The summed E-state index contributed by atoms with van der Waals surface area (Å²) in [5.74, 6) is 1.58. The lowest BCUT2D eigenvalue weighted by molar-refractivity contribution is -0.185. The minimum atomic E-state index is -0.354. The molecule has 0 aromatic heterocycles. The molecule has 1 N–H and O–H groups in total. The number of hydrogen-bond donors (Lipinski definition) is 1. The van der Waals surface area contributed by atoms with Gasteiger partial charge in [-0.15, -0.1) is 0 Å². The molecule has 0 saturated heterocycles. The van der Waals surface area contributed by atoms with Gasteiger partial charge in [-0.2, -0.15) is 0 Å². The van der Waals surface area contributed by atoms with E-state index in [4.69, 9.17) is 9.47 Å². The van der Waals surface area contributed by atoms with Crippen LogP contribution >= 0.6 is 0 Å². The molecule has 146 valence electrons. The molecule has 27 heavy (non-hydrogen) atoms. The molecule has 4 nitrogen and oxygen atoms in total. The maximum Gasteiger partial charge on any atom is 0.339 e. The van der Waals surface area contributed by atoms with Gasteiger partial charge in [-0.3, -0.25) is 0 Å². The maximum atomic E-state index is 12.0. The van der Waals surface area contributed by atoms with Crippen molar-refractivity contribution in [1.82, 2.24) is 0 Å². The number of benzene rings is 1. The first kappa shape index (κ1) is 17.4. The van der Waals surface area contributed by atoms with Gasteiger partial charge in [0.1, 0.15) is 23.7 Å². The number of phenolic OH excluding ortho intramolecular Hbond substituents is 1. The Morgan fingerprint density at radius 1 is 1.15 bits per heavy atom. The normalized spacial score (nSPS) is 38.7. The van der Waals surface area contributed by atoms with Gasteiger partial charge in [0, 0.05) is 23.0 Å². The largest absolute Gasteiger partial charge is 0.508 e. The third-order valence-electron chi connectivity index (χ3n) is 8.64. The van der Waals surface area contributed by atoms with Crippen LogP contribution in [0.4, 0.5) is 0 Å². The van der Waals surface area contributed by atoms with Gasteiger partial charge in [-0.25, -0.2) is 4.79 Å². The Morgan fingerprint density at radius 3 is 2.70 bits per heavy atom. The van der Waals surface area contributed by atoms with E-state index >= 15 is 0 Å². The zero-order valence-electron chi connectivity index (χ0n) is 16.9. The lowest BCUT2D eigenvalue weighted by atomic mass is 9.44. The number of carbonyl (C=O) groups is 1. The summed E-state index contributed by atoms with van der Waals surface area (Å²) in [6.07, 6.45) is 6.79. The van der Waals surface area contributed by atoms with E-state index in [-0.39, 0.29) is 29.3 Å². The van der Waals surface area contributed by atoms with Crippen LogP contribution in [0.5, 0.6) is 11.5 Å². The number of phenols is 1. The molecule has 1 aromatic carbocycles. The zero-order chi connectivity index (χ0) is 19.2. The molecule has 4 unspecified atom stereocenters. The van der Waals surface area contributed by atoms with E-state index in [2.05, 4.69) is 27.7 Å². The second kappa shape index (κ2) is 5.21. The van der Waals surface area contributed by atoms with Gasteiger partial charge >= 0.3 is 5.97 Å². The highest BCUT2D eigenvalue weighted by atomic mass is 16.5. The van der Waals surface area contributed by atoms with Crippen molar-refractivity contribution in [3.05, 3.63) is 22.8 Å². The van der Waals surface area contributed by atoms with Crippen molar-refractivity contribution >= 4 is 5.97 Å². The van der Waals surface area contributed by atoms with E-state index in [1.807, 2.05) is 0 Å². The quantitative estimate of drug-likeness (QED) is 0.653. The Bertz CT molecular complexity index is 841. The van der Waals surface area contributed by atoms with Crippen LogP contribution in [0.3, 0.4) is 0 Å². The van der Waals surface area contributed by atoms with Crippen molar-refractivity contribution in [3.63, 3.8) is 0 Å². The van der Waals surface area contributed by atoms with Crippen LogP contribution in [0.1, 0.15) is 81.3 Å². The van der Waals surface area contributed by atoms with E-state index in [1.54, 1.807) is 6.07 Å². The van der Waals surface area contributed by atoms with Crippen molar-refractivity contribution in [3.8, 4) is 11.5 Å². The molecule has 4 aliphatic rings. The number of carbonyl (C=O) groups excluding carboxylic acids is 1. The topological polar surface area (TPSA) is 55.8 Å². The van der Waals surface area contributed by atoms with Gasteiger partial charge in [0.25, 0.3) is 0 Å². The molecule has 5 rings (SSSR count). The predicted molar refractivity (Wildman–Crippen MR) is 102 cm³/mol. The maximum absolute atomic E-state index is 12.0. The summed E-state index contributed by atoms with van der Waals surface area (Å²) >= 11 is 0. The number of aromatic hydroxyl groups is 1. The number of cyclic esters (lactones) is 1. The Kier molecular flexibility index (Phi) is 3.36. The molecule has 1 aromatic rings. The van der Waals surface area contributed by atoms with Gasteiger partial charge < -0.3 is 14.6 Å². The van der Waals surface area contributed by atoms with Crippen molar-refractivity contribution in [2.75, 3.05) is 0 Å². The molecular weight excluding hydrogens is 340 g/mol. The minimum Gasteiger partial charge on any atom is -0.508 e. The third-order valence-corrected chi connectivity index (χ3v) is 8.64. The number of fused-ring (bicyclic) bond motifs is 5. The molecular formula is C23H30O4. The van der Waals surface area contributed by atoms with Crippen molar-refractivity contribution in [2.45, 2.75) is 78.4 Å². The van der Waals surface area contributed by atoms with E-state index in [0.717, 1.165) is 36.1 Å². The fourth-order valence-electron chi connectivity index (χ4n) is 7.19. The molecule has 4 atom stereocenters. The highest BCUT2D eigenvalue weighted by Gasteiger charge is 2.65. The van der Waals surface area contributed by atoms with Crippen LogP contribution in [-0.4, -0.2) is 16.7 Å². The molecule has 2 heterocycles. The summed E-state index contributed by atoms with van der Waals surface area (Å²) in [5, 5.41) is 10.7. The number of ether oxygens (including phenoxy) is 2. The summed E-state index contributed by atoms with van der Waals surface area (Å²) in [6.45, 7) is 9.84. The highest BCUT2D eigenvalue weighted by molar-refractivity contribution is 5.95. The Balaban J connectivity index is 1.66. The molecule has 2 fully saturated rings. The summed E-state index contributed by atoms with van der Waals surface area (Å²) in [6, 6.07) is 1.59. The minimum absolute atomic E-state index is 0.0637. The van der Waals surface area contributed by atoms with Crippen molar-refractivity contribution in [2.24, 2.45) is 22.7 Å². The lowest BCUT2D eigenvalue weighted by Crippen LogP contribution is -2.64. The van der Waals surface area contributed by atoms with Gasteiger partial charge in [0.05, 0.1) is 5.56 Å². The molecule has 2 aliphatic carbocycles. The summed E-state index contributed by atoms with van der Waals surface area (Å²) in [4.78, 5) is 12.0. The zero-order valence-corrected chi connectivity index (χ0v) is 16.9. The molecule has 0 amide bonds. The van der Waals surface area contributed by atoms with E-state index in [9.17, 15) is 9.90 Å². The first-order valence-electron chi connectivity index (χ1n) is 10.4. The summed E-state index contributed by atoms with van der Waals surface area (Å²) < 4.78 is 12.1. The van der Waals surface area contributed by atoms with Crippen LogP contribution in [0.2, 0.25) is 0 Å². The van der Waals surface area contributed by atoms with Crippen LogP contribution in [0, 0.1) is 22.7 Å². The lowest BCUT2D eigenvalue weighted by Gasteiger charge is -2.63. The van der Waals surface area contributed by atoms with E-state index in [1.165, 1.54) is 19.3 Å². The summed E-state index contributed by atoms with van der Waals surface area (Å²) in [7, 11) is 0. The number of rotatable bonds is 0. The summed E-state index contributed by atoms with van der Waals surface area (Å²) in [5.41, 5.74) is 2.24. The Morgan fingerprint density at radius 2 is 1.93 bits per heavy atom. The predicted octanol–water partition coefficient (Wildman–Crippen LogP) is 5.00. The van der Waals surface area contributed by atoms with Gasteiger partial charge in [-0.05, 0) is 49.0 Å². The standard InChI is InChI=1S/C23H30O4/c1-13-6-7-18-21(2,3)8-5-9-22(18,4)23(13)11-15-17(24)10-14-16(19(15)27-23)12-26-20(14)25/h10,13,18,24H,5-9,11-12H2,1-4H3. The smallest absolute Gasteiger partial charge is 0.339 e. The second-order valence-electron chi connectivity index (χ2n) is 10.3. The molecule has 2 saturated carbocycles. The Labute approximate surface area is 161 Å². The van der Waals surface area contributed by atoms with Crippen LogP contribution in [0.15, 0.2) is 6.07 Å². The van der Waals surface area contributed by atoms with E-state index < -0.39 is 0 Å². The molecule has 2 aliphatic heterocycles. The number of hydrogen-bond acceptors (Lipinski definition) is 4. The Hall–Kier alpha value is -1.71. The third kappa shape index (κ3) is 2.02. The van der Waals surface area contributed by atoms with Gasteiger partial charge in [-0.1, -0.05) is 34.1 Å². The van der Waals surface area contributed by atoms with Crippen LogP contribution in [0.25, 0.3) is 0 Å². The molecule has 1 spiro atoms. The average Bonchev–Trinajstić information content (AvgIpc) is 3.16. The fourth-order valence-corrected chi connectivity index (χ4v) is 7.19. The van der Waals surface area contributed by atoms with E-state index in [0.29, 0.717) is 22.8 Å². The monoisotopic (exact) mass is 370 g/mol. The van der Waals surface area contributed by atoms with Crippen LogP contribution < -0.4 is 4.74 Å². The van der Waals surface area contributed by atoms with Crippen molar-refractivity contribution < 1.29 is 19.4 Å². The number of esters is 1. The molecule has 0 radical (unpaired) electrons. The van der Waals surface area contributed by atoms with Gasteiger partial charge in [0.2, 0.25) is 0 Å². The van der Waals surface area contributed by atoms with Crippen LogP contribution in [-0.2, 0) is 17.8 Å². The molecule has 4 heteroatoms. The van der Waals surface area contributed by atoms with Gasteiger partial charge in [0.15, 0.2) is 0 Å². The second-order valence-corrected chi connectivity index (χ2v) is 10.3. The average molecular weight is 370 g/mol. The molecule has 0 bridgehead atoms. The fraction of sp³-hybridized carbons (Fsp3) is 0.696. The van der Waals surface area contributed by atoms with Crippen molar-refractivity contribution in [1.29, 1.82) is 0 Å².